The summed E-state index contributed by atoms with van der Waals surface area (Å²) in [6.07, 6.45) is 3.23. The van der Waals surface area contributed by atoms with Gasteiger partial charge in [-0.25, -0.2) is 9.97 Å². The molecule has 0 fully saturated rings. The third kappa shape index (κ3) is 4.73. The van der Waals surface area contributed by atoms with Crippen molar-refractivity contribution in [3.8, 4) is 0 Å². The standard InChI is InChI=1S/C17H19N5OS2/c1-12-3-5-13(6-4-12)24-8-7-18-15(23)10-25-17-14-9-21-22(2)16(14)19-11-20-17/h3-6,9,11H,7-8,10H2,1-2H3,(H,18,23). The Hall–Kier alpha value is -2.06. The highest BCUT2D eigenvalue weighted by Crippen LogP contribution is 2.23. The molecule has 0 saturated heterocycles. The topological polar surface area (TPSA) is 72.7 Å². The first kappa shape index (κ1) is 17.8. The van der Waals surface area contributed by atoms with Crippen molar-refractivity contribution in [2.45, 2.75) is 16.8 Å². The molecule has 3 rings (SSSR count). The van der Waals surface area contributed by atoms with Gasteiger partial charge in [0, 0.05) is 24.2 Å². The molecule has 0 aliphatic rings. The SMILES string of the molecule is Cc1ccc(SCCNC(=O)CSc2ncnc3c2cnn3C)cc1. The van der Waals surface area contributed by atoms with E-state index in [9.17, 15) is 4.79 Å². The van der Waals surface area contributed by atoms with Gasteiger partial charge in [0.15, 0.2) is 5.65 Å². The quantitative estimate of drug-likeness (QED) is 0.390. The summed E-state index contributed by atoms with van der Waals surface area (Å²) in [4.78, 5) is 21.7. The third-order valence-corrected chi connectivity index (χ3v) is 5.57. The lowest BCUT2D eigenvalue weighted by atomic mass is 10.2. The molecule has 2 heterocycles. The zero-order valence-electron chi connectivity index (χ0n) is 14.1. The Morgan fingerprint density at radius 3 is 2.80 bits per heavy atom. The Bertz CT molecular complexity index is 863. The van der Waals surface area contributed by atoms with Crippen molar-refractivity contribution in [2.24, 2.45) is 7.05 Å². The molecule has 0 atom stereocenters. The van der Waals surface area contributed by atoms with Crippen molar-refractivity contribution in [2.75, 3.05) is 18.1 Å². The number of amides is 1. The summed E-state index contributed by atoms with van der Waals surface area (Å²) in [5.41, 5.74) is 2.02. The molecule has 1 amide bonds. The van der Waals surface area contributed by atoms with Crippen LogP contribution in [0.5, 0.6) is 0 Å². The van der Waals surface area contributed by atoms with Gasteiger partial charge in [0.25, 0.3) is 0 Å². The average molecular weight is 374 g/mol. The van der Waals surface area contributed by atoms with E-state index in [2.05, 4.69) is 51.6 Å². The van der Waals surface area contributed by atoms with E-state index in [1.165, 1.54) is 28.5 Å². The molecule has 0 saturated carbocycles. The minimum absolute atomic E-state index is 0.00478. The molecule has 1 N–H and O–H groups in total. The minimum Gasteiger partial charge on any atom is -0.355 e. The van der Waals surface area contributed by atoms with Gasteiger partial charge in [-0.3, -0.25) is 9.48 Å². The fourth-order valence-corrected chi connectivity index (χ4v) is 3.79. The number of carbonyl (C=O) groups excluding carboxylic acids is 1. The number of fused-ring (bicyclic) bond motifs is 1. The summed E-state index contributed by atoms with van der Waals surface area (Å²) in [6, 6.07) is 8.40. The van der Waals surface area contributed by atoms with Gasteiger partial charge in [-0.05, 0) is 19.1 Å². The molecule has 0 spiro atoms. The summed E-state index contributed by atoms with van der Waals surface area (Å²) in [6.45, 7) is 2.72. The fourth-order valence-electron chi connectivity index (χ4n) is 2.23. The molecule has 1 aromatic carbocycles. The van der Waals surface area contributed by atoms with Gasteiger partial charge in [-0.1, -0.05) is 29.5 Å². The Kier molecular flexibility index (Phi) is 5.93. The lowest BCUT2D eigenvalue weighted by Gasteiger charge is -2.06. The molecular weight excluding hydrogens is 354 g/mol. The maximum absolute atomic E-state index is 12.0. The van der Waals surface area contributed by atoms with E-state index >= 15 is 0 Å². The summed E-state index contributed by atoms with van der Waals surface area (Å²) < 4.78 is 1.70. The summed E-state index contributed by atoms with van der Waals surface area (Å²) >= 11 is 3.14. The number of aryl methyl sites for hydroxylation is 2. The zero-order chi connectivity index (χ0) is 17.6. The monoisotopic (exact) mass is 373 g/mol. The average Bonchev–Trinajstić information content (AvgIpc) is 3.00. The number of hydrogen-bond donors (Lipinski definition) is 1. The molecular formula is C17H19N5OS2. The van der Waals surface area contributed by atoms with Crippen molar-refractivity contribution in [3.05, 3.63) is 42.4 Å². The highest BCUT2D eigenvalue weighted by Gasteiger charge is 2.10. The number of nitrogens with one attached hydrogen (secondary N) is 1. The van der Waals surface area contributed by atoms with Crippen LogP contribution in [0.2, 0.25) is 0 Å². The number of rotatable bonds is 7. The maximum Gasteiger partial charge on any atom is 0.230 e. The van der Waals surface area contributed by atoms with E-state index < -0.39 is 0 Å². The van der Waals surface area contributed by atoms with Crippen molar-refractivity contribution in [3.63, 3.8) is 0 Å². The van der Waals surface area contributed by atoms with E-state index in [4.69, 9.17) is 0 Å². The van der Waals surface area contributed by atoms with Crippen LogP contribution < -0.4 is 5.32 Å². The number of thioether (sulfide) groups is 2. The van der Waals surface area contributed by atoms with Gasteiger partial charge in [0.2, 0.25) is 5.91 Å². The number of benzene rings is 1. The second kappa shape index (κ2) is 8.35. The molecule has 130 valence electrons. The molecule has 0 bridgehead atoms. The highest BCUT2D eigenvalue weighted by atomic mass is 32.2. The van der Waals surface area contributed by atoms with E-state index in [0.29, 0.717) is 12.3 Å². The van der Waals surface area contributed by atoms with Gasteiger partial charge in [-0.2, -0.15) is 5.10 Å². The molecule has 0 radical (unpaired) electrons. The number of hydrogen-bond acceptors (Lipinski definition) is 6. The molecule has 6 nitrogen and oxygen atoms in total. The van der Waals surface area contributed by atoms with E-state index in [1.54, 1.807) is 22.6 Å². The van der Waals surface area contributed by atoms with Crippen molar-refractivity contribution in [1.82, 2.24) is 25.1 Å². The van der Waals surface area contributed by atoms with Gasteiger partial charge < -0.3 is 5.32 Å². The molecule has 25 heavy (non-hydrogen) atoms. The lowest BCUT2D eigenvalue weighted by molar-refractivity contribution is -0.118. The van der Waals surface area contributed by atoms with E-state index in [-0.39, 0.29) is 5.91 Å². The van der Waals surface area contributed by atoms with Crippen LogP contribution in [0.3, 0.4) is 0 Å². The van der Waals surface area contributed by atoms with Crippen LogP contribution in [0.25, 0.3) is 11.0 Å². The first-order valence-corrected chi connectivity index (χ1v) is 9.82. The van der Waals surface area contributed by atoms with Gasteiger partial charge in [-0.15, -0.1) is 11.8 Å². The Morgan fingerprint density at radius 1 is 1.20 bits per heavy atom. The van der Waals surface area contributed by atoms with Crippen molar-refractivity contribution >= 4 is 40.5 Å². The van der Waals surface area contributed by atoms with Crippen LogP contribution in [0.1, 0.15) is 5.56 Å². The van der Waals surface area contributed by atoms with Crippen LogP contribution in [0.4, 0.5) is 0 Å². The van der Waals surface area contributed by atoms with Crippen LogP contribution in [-0.4, -0.2) is 43.7 Å². The predicted molar refractivity (Wildman–Crippen MR) is 102 cm³/mol. The minimum atomic E-state index is 0.00478. The third-order valence-electron chi connectivity index (χ3n) is 3.55. The second-order valence-corrected chi connectivity index (χ2v) is 7.62. The Balaban J connectivity index is 1.42. The van der Waals surface area contributed by atoms with Crippen LogP contribution in [0, 0.1) is 6.92 Å². The fraction of sp³-hybridized carbons (Fsp3) is 0.294. The molecule has 0 aliphatic heterocycles. The molecule has 8 heteroatoms. The van der Waals surface area contributed by atoms with Gasteiger partial charge in [0.05, 0.1) is 17.3 Å². The number of nitrogens with zero attached hydrogens (tertiary/aromatic N) is 4. The summed E-state index contributed by atoms with van der Waals surface area (Å²) in [5.74, 6) is 1.18. The second-order valence-electron chi connectivity index (χ2n) is 5.48. The smallest absolute Gasteiger partial charge is 0.230 e. The Labute approximate surface area is 154 Å². The highest BCUT2D eigenvalue weighted by molar-refractivity contribution is 8.00. The van der Waals surface area contributed by atoms with E-state index in [0.717, 1.165) is 21.8 Å². The van der Waals surface area contributed by atoms with Gasteiger partial charge in [0.1, 0.15) is 11.4 Å². The zero-order valence-corrected chi connectivity index (χ0v) is 15.7. The van der Waals surface area contributed by atoms with Crippen molar-refractivity contribution in [1.29, 1.82) is 0 Å². The van der Waals surface area contributed by atoms with E-state index in [1.807, 2.05) is 7.05 Å². The first-order chi connectivity index (χ1) is 12.1. The largest absolute Gasteiger partial charge is 0.355 e. The van der Waals surface area contributed by atoms with Gasteiger partial charge >= 0.3 is 0 Å². The van der Waals surface area contributed by atoms with Crippen molar-refractivity contribution < 1.29 is 4.79 Å². The number of aromatic nitrogens is 4. The van der Waals surface area contributed by atoms with Crippen LogP contribution in [0.15, 0.2) is 46.7 Å². The normalized spacial score (nSPS) is 11.0. The molecule has 0 unspecified atom stereocenters. The summed E-state index contributed by atoms with van der Waals surface area (Å²) in [5, 5.41) is 8.77. The molecule has 2 aromatic heterocycles. The van der Waals surface area contributed by atoms with Crippen LogP contribution in [-0.2, 0) is 11.8 Å². The molecule has 0 aliphatic carbocycles. The predicted octanol–water partition coefficient (Wildman–Crippen LogP) is 2.67. The maximum atomic E-state index is 12.0. The number of carbonyl (C=O) groups is 1. The van der Waals surface area contributed by atoms with Crippen LogP contribution >= 0.6 is 23.5 Å². The lowest BCUT2D eigenvalue weighted by Crippen LogP contribution is -2.27. The molecule has 3 aromatic rings. The Morgan fingerprint density at radius 2 is 2.00 bits per heavy atom. The summed E-state index contributed by atoms with van der Waals surface area (Å²) in [7, 11) is 1.84. The first-order valence-electron chi connectivity index (χ1n) is 7.85.